The third-order valence-corrected chi connectivity index (χ3v) is 9.98. The Morgan fingerprint density at radius 3 is 2.61 bits per heavy atom. The van der Waals surface area contributed by atoms with Crippen LogP contribution < -0.4 is 20.1 Å². The maximum atomic E-state index is 14.2. The van der Waals surface area contributed by atoms with Gasteiger partial charge >= 0.3 is 0 Å². The molecule has 4 aromatic rings. The van der Waals surface area contributed by atoms with E-state index in [0.29, 0.717) is 93.3 Å². The van der Waals surface area contributed by atoms with Gasteiger partial charge in [-0.1, -0.05) is 59.8 Å². The molecule has 2 N–H and O–H groups in total. The minimum absolute atomic E-state index is 0.136. The van der Waals surface area contributed by atoms with E-state index in [-0.39, 0.29) is 18.4 Å². The second kappa shape index (κ2) is 15.7. The average Bonchev–Trinajstić information content (AvgIpc) is 3.50. The van der Waals surface area contributed by atoms with Crippen molar-refractivity contribution in [3.8, 4) is 11.5 Å². The van der Waals surface area contributed by atoms with Crippen LogP contribution in [-0.2, 0) is 20.1 Å². The molecule has 0 aliphatic carbocycles. The molecule has 3 heterocycles. The Balaban J connectivity index is 1.36. The molecule has 1 atom stereocenters. The van der Waals surface area contributed by atoms with E-state index >= 15 is 0 Å². The Bertz CT molecular complexity index is 1900. The first-order valence-corrected chi connectivity index (χ1v) is 18.0. The lowest BCUT2D eigenvalue weighted by atomic mass is 9.94. The maximum absolute atomic E-state index is 14.2. The van der Waals surface area contributed by atoms with E-state index < -0.39 is 6.04 Å². The third-order valence-electron chi connectivity index (χ3n) is 8.14. The first-order chi connectivity index (χ1) is 23.7. The molecule has 2 aliphatic heterocycles. The Labute approximate surface area is 302 Å². The molecular formula is C35H36BrClN6O5S. The van der Waals surface area contributed by atoms with Crippen LogP contribution in [0.25, 0.3) is 0 Å². The molecule has 0 bridgehead atoms. The number of halogens is 2. The average molecular weight is 768 g/mol. The van der Waals surface area contributed by atoms with E-state index in [1.54, 1.807) is 9.58 Å². The molecule has 14 heteroatoms. The van der Waals surface area contributed by atoms with Crippen LogP contribution in [0.5, 0.6) is 11.5 Å². The van der Waals surface area contributed by atoms with Gasteiger partial charge in [0.05, 0.1) is 29.9 Å². The molecule has 1 unspecified atom stereocenters. The molecular weight excluding hydrogens is 732 g/mol. The molecule has 49 heavy (non-hydrogen) atoms. The van der Waals surface area contributed by atoms with E-state index in [1.165, 1.54) is 11.8 Å². The lowest BCUT2D eigenvalue weighted by molar-refractivity contribution is -0.137. The highest BCUT2D eigenvalue weighted by molar-refractivity contribution is 9.10. The number of aromatic nitrogens is 3. The molecule has 3 aromatic carbocycles. The van der Waals surface area contributed by atoms with Crippen LogP contribution in [0.4, 0.5) is 11.6 Å². The number of ether oxygens (including phenoxy) is 3. The van der Waals surface area contributed by atoms with Crippen molar-refractivity contribution >= 4 is 62.7 Å². The normalized spacial score (nSPS) is 15.8. The summed E-state index contributed by atoms with van der Waals surface area (Å²) in [5, 5.41) is 12.5. The highest BCUT2D eigenvalue weighted by Crippen LogP contribution is 2.43. The third kappa shape index (κ3) is 7.90. The van der Waals surface area contributed by atoms with E-state index in [4.69, 9.17) is 35.9 Å². The van der Waals surface area contributed by atoms with E-state index in [1.807, 2.05) is 81.4 Å². The number of fused-ring (bicyclic) bond motifs is 1. The number of morpholine rings is 1. The number of carbonyl (C=O) groups is 2. The fourth-order valence-electron chi connectivity index (χ4n) is 5.64. The Morgan fingerprint density at radius 2 is 1.86 bits per heavy atom. The lowest BCUT2D eigenvalue weighted by Crippen LogP contribution is -2.43. The molecule has 1 saturated heterocycles. The molecule has 1 fully saturated rings. The Kier molecular flexibility index (Phi) is 11.1. The molecule has 11 nitrogen and oxygen atoms in total. The second-order valence-electron chi connectivity index (χ2n) is 11.4. The molecule has 2 aliphatic rings. The van der Waals surface area contributed by atoms with E-state index in [2.05, 4.69) is 26.6 Å². The molecule has 0 radical (unpaired) electrons. The standard InChI is InChI=1S/C35H36BrClN6O5S/c1-4-47-28-18-24(17-25(36)32(28)48-19-29(44)42-13-15-46-16-14-42)31-30(33(45)39-27-12-8-5-9-21(27)2)22(3)38-34-40-35(41-43(31)34)49-20-23-10-6-7-11-26(23)37/h5-12,17-18,31H,4,13-16,19-20H2,1-3H3,(H,39,45)(H,38,40,41). The number of nitrogens with zero attached hydrogens (tertiary/aromatic N) is 4. The summed E-state index contributed by atoms with van der Waals surface area (Å²) < 4.78 is 19.8. The number of para-hydroxylation sites is 1. The molecule has 1 aromatic heterocycles. The lowest BCUT2D eigenvalue weighted by Gasteiger charge is -2.29. The second-order valence-corrected chi connectivity index (χ2v) is 13.6. The first kappa shape index (κ1) is 34.8. The van der Waals surface area contributed by atoms with Crippen molar-refractivity contribution in [2.75, 3.05) is 50.2 Å². The van der Waals surface area contributed by atoms with Crippen molar-refractivity contribution in [3.05, 3.63) is 98.1 Å². The highest BCUT2D eigenvalue weighted by atomic mass is 79.9. The monoisotopic (exact) mass is 766 g/mol. The predicted molar refractivity (Wildman–Crippen MR) is 194 cm³/mol. The van der Waals surface area contributed by atoms with Crippen molar-refractivity contribution in [1.29, 1.82) is 0 Å². The number of carbonyl (C=O) groups excluding carboxylic acids is 2. The smallest absolute Gasteiger partial charge is 0.260 e. The fraction of sp³-hybridized carbons (Fsp3) is 0.314. The zero-order valence-electron chi connectivity index (χ0n) is 27.3. The van der Waals surface area contributed by atoms with Crippen molar-refractivity contribution in [1.82, 2.24) is 19.7 Å². The fourth-order valence-corrected chi connectivity index (χ4v) is 7.33. The van der Waals surface area contributed by atoms with Gasteiger partial charge < -0.3 is 29.7 Å². The van der Waals surface area contributed by atoms with Crippen LogP contribution in [-0.4, -0.2) is 71.0 Å². The quantitative estimate of drug-likeness (QED) is 0.158. The maximum Gasteiger partial charge on any atom is 0.260 e. The molecule has 0 saturated carbocycles. The molecule has 2 amide bonds. The van der Waals surface area contributed by atoms with Crippen LogP contribution in [0.2, 0.25) is 5.02 Å². The van der Waals surface area contributed by atoms with Crippen molar-refractivity contribution in [2.45, 2.75) is 37.7 Å². The van der Waals surface area contributed by atoms with Gasteiger partial charge in [-0.25, -0.2) is 4.68 Å². The summed E-state index contributed by atoms with van der Waals surface area (Å²) in [6, 6.07) is 18.3. The number of rotatable bonds is 11. The summed E-state index contributed by atoms with van der Waals surface area (Å²) in [4.78, 5) is 33.6. The Morgan fingerprint density at radius 1 is 1.10 bits per heavy atom. The number of aryl methyl sites for hydroxylation is 1. The summed E-state index contributed by atoms with van der Waals surface area (Å²) in [7, 11) is 0. The number of hydrogen-bond acceptors (Lipinski definition) is 9. The highest BCUT2D eigenvalue weighted by Gasteiger charge is 2.36. The van der Waals surface area contributed by atoms with E-state index in [9.17, 15) is 9.59 Å². The predicted octanol–water partition coefficient (Wildman–Crippen LogP) is 6.86. The summed E-state index contributed by atoms with van der Waals surface area (Å²) >= 11 is 11.5. The summed E-state index contributed by atoms with van der Waals surface area (Å²) in [5.41, 5.74) is 4.39. The van der Waals surface area contributed by atoms with Gasteiger partial charge in [-0.15, -0.1) is 5.10 Å². The van der Waals surface area contributed by atoms with Gasteiger partial charge in [-0.3, -0.25) is 9.59 Å². The van der Waals surface area contributed by atoms with Crippen molar-refractivity contribution in [2.24, 2.45) is 0 Å². The van der Waals surface area contributed by atoms with Gasteiger partial charge in [0.1, 0.15) is 6.04 Å². The number of amides is 2. The van der Waals surface area contributed by atoms with Crippen LogP contribution in [0.3, 0.4) is 0 Å². The minimum atomic E-state index is -0.693. The zero-order valence-corrected chi connectivity index (χ0v) is 30.5. The van der Waals surface area contributed by atoms with Gasteiger partial charge in [0.2, 0.25) is 11.1 Å². The summed E-state index contributed by atoms with van der Waals surface area (Å²) in [5.74, 6) is 1.44. The van der Waals surface area contributed by atoms with Crippen molar-refractivity contribution < 1.29 is 23.8 Å². The van der Waals surface area contributed by atoms with Gasteiger partial charge in [-0.2, -0.15) is 4.98 Å². The number of thioether (sulfide) groups is 1. The number of benzene rings is 3. The van der Waals surface area contributed by atoms with Gasteiger partial charge in [0.15, 0.2) is 18.1 Å². The molecule has 256 valence electrons. The number of allylic oxidation sites excluding steroid dienone is 1. The SMILES string of the molecule is CCOc1cc(C2C(C(=O)Nc3ccccc3C)=C(C)Nc3nc(SCc4ccccc4Cl)nn32)cc(Br)c1OCC(=O)N1CCOCC1. The summed E-state index contributed by atoms with van der Waals surface area (Å²) in [6.45, 7) is 7.90. The van der Waals surface area contributed by atoms with Crippen LogP contribution in [0.1, 0.15) is 36.6 Å². The Hall–Kier alpha value is -4.04. The zero-order chi connectivity index (χ0) is 34.5. The summed E-state index contributed by atoms with van der Waals surface area (Å²) in [6.07, 6.45) is 0. The van der Waals surface area contributed by atoms with Gasteiger partial charge in [0.25, 0.3) is 11.8 Å². The number of hydrogen-bond donors (Lipinski definition) is 2. The van der Waals surface area contributed by atoms with Crippen LogP contribution >= 0.6 is 39.3 Å². The topological polar surface area (TPSA) is 120 Å². The first-order valence-electron chi connectivity index (χ1n) is 15.9. The molecule has 0 spiro atoms. The molecule has 6 rings (SSSR count). The largest absolute Gasteiger partial charge is 0.490 e. The van der Waals surface area contributed by atoms with Gasteiger partial charge in [0, 0.05) is 35.2 Å². The number of anilines is 2. The number of nitrogens with one attached hydrogen (secondary N) is 2. The minimum Gasteiger partial charge on any atom is -0.490 e. The van der Waals surface area contributed by atoms with Crippen molar-refractivity contribution in [3.63, 3.8) is 0 Å². The van der Waals surface area contributed by atoms with E-state index in [0.717, 1.165) is 11.1 Å². The van der Waals surface area contributed by atoms with Crippen LogP contribution in [0.15, 0.2) is 81.6 Å². The van der Waals surface area contributed by atoms with Gasteiger partial charge in [-0.05, 0) is 77.7 Å². The van der Waals surface area contributed by atoms with Crippen LogP contribution in [0, 0.1) is 6.92 Å².